The van der Waals surface area contributed by atoms with E-state index in [9.17, 15) is 4.79 Å². The van der Waals surface area contributed by atoms with Crippen molar-refractivity contribution in [2.45, 2.75) is 13.5 Å². The largest absolute Gasteiger partial charge is 0.458 e. The first-order valence-corrected chi connectivity index (χ1v) is 8.34. The van der Waals surface area contributed by atoms with Gasteiger partial charge in [0.25, 0.3) is 5.91 Å². The normalized spacial score (nSPS) is 10.6. The number of nitrogens with one attached hydrogen (secondary N) is 1. The molecule has 0 radical (unpaired) electrons. The molecule has 0 saturated heterocycles. The minimum absolute atomic E-state index is 0.130. The van der Waals surface area contributed by atoms with E-state index in [1.165, 1.54) is 0 Å². The van der Waals surface area contributed by atoms with Gasteiger partial charge in [0.15, 0.2) is 5.76 Å². The van der Waals surface area contributed by atoms with Gasteiger partial charge in [0.05, 0.1) is 11.6 Å². The Morgan fingerprint density at radius 2 is 2.05 bits per heavy atom. The molecule has 6 heteroatoms. The number of thiazole rings is 1. The minimum atomic E-state index is -0.130. The maximum Gasteiger partial charge on any atom is 0.251 e. The molecule has 112 valence electrons. The number of nitrogens with zero attached hydrogens (tertiary/aromatic N) is 1. The molecule has 0 bridgehead atoms. The molecule has 3 rings (SSSR count). The minimum Gasteiger partial charge on any atom is -0.458 e. The zero-order valence-corrected chi connectivity index (χ0v) is 14.2. The number of rotatable bonds is 4. The van der Waals surface area contributed by atoms with Crippen LogP contribution in [0.1, 0.15) is 21.1 Å². The molecule has 0 fully saturated rings. The lowest BCUT2D eigenvalue weighted by Gasteiger charge is -2.03. The van der Waals surface area contributed by atoms with Crippen molar-refractivity contribution in [2.75, 3.05) is 0 Å². The Morgan fingerprint density at radius 3 is 2.73 bits per heavy atom. The molecular formula is C16H13BrN2O2S. The van der Waals surface area contributed by atoms with E-state index in [0.29, 0.717) is 17.9 Å². The van der Waals surface area contributed by atoms with Gasteiger partial charge in [-0.15, -0.1) is 11.3 Å². The summed E-state index contributed by atoms with van der Waals surface area (Å²) in [6.45, 7) is 2.30. The van der Waals surface area contributed by atoms with E-state index in [-0.39, 0.29) is 5.91 Å². The van der Waals surface area contributed by atoms with Gasteiger partial charge < -0.3 is 9.73 Å². The molecule has 2 aromatic heterocycles. The first-order chi connectivity index (χ1) is 10.6. The van der Waals surface area contributed by atoms with E-state index < -0.39 is 0 Å². The first kappa shape index (κ1) is 15.0. The van der Waals surface area contributed by atoms with Crippen molar-refractivity contribution in [3.05, 3.63) is 62.6 Å². The van der Waals surface area contributed by atoms with Crippen LogP contribution in [0, 0.1) is 6.92 Å². The molecule has 1 amide bonds. The molecule has 22 heavy (non-hydrogen) atoms. The van der Waals surface area contributed by atoms with E-state index in [2.05, 4.69) is 26.2 Å². The lowest BCUT2D eigenvalue weighted by molar-refractivity contribution is 0.0948. The summed E-state index contributed by atoms with van der Waals surface area (Å²) in [5, 5.41) is 5.79. The molecule has 0 unspecified atom stereocenters. The number of benzene rings is 1. The van der Waals surface area contributed by atoms with Crippen molar-refractivity contribution in [3.8, 4) is 11.5 Å². The smallest absolute Gasteiger partial charge is 0.251 e. The van der Waals surface area contributed by atoms with Gasteiger partial charge in [0, 0.05) is 15.4 Å². The Morgan fingerprint density at radius 1 is 1.27 bits per heavy atom. The number of hydrogen-bond acceptors (Lipinski definition) is 4. The van der Waals surface area contributed by atoms with Gasteiger partial charge in [-0.2, -0.15) is 0 Å². The van der Waals surface area contributed by atoms with Crippen LogP contribution in [0.4, 0.5) is 0 Å². The Kier molecular flexibility index (Phi) is 4.40. The van der Waals surface area contributed by atoms with Crippen molar-refractivity contribution < 1.29 is 9.21 Å². The maximum absolute atomic E-state index is 12.0. The highest BCUT2D eigenvalue weighted by atomic mass is 79.9. The highest BCUT2D eigenvalue weighted by molar-refractivity contribution is 9.10. The fraction of sp³-hybridized carbons (Fsp3) is 0.125. The van der Waals surface area contributed by atoms with E-state index in [1.807, 2.05) is 36.6 Å². The monoisotopic (exact) mass is 376 g/mol. The zero-order valence-electron chi connectivity index (χ0n) is 11.8. The summed E-state index contributed by atoms with van der Waals surface area (Å²) in [5.74, 6) is 1.29. The molecule has 0 aliphatic rings. The van der Waals surface area contributed by atoms with Crippen LogP contribution in [0.25, 0.3) is 11.5 Å². The summed E-state index contributed by atoms with van der Waals surface area (Å²) < 4.78 is 6.65. The van der Waals surface area contributed by atoms with Crippen molar-refractivity contribution in [1.82, 2.24) is 10.3 Å². The summed E-state index contributed by atoms with van der Waals surface area (Å²) in [7, 11) is 0. The lowest BCUT2D eigenvalue weighted by Crippen LogP contribution is -2.22. The highest BCUT2D eigenvalue weighted by Gasteiger charge is 2.10. The van der Waals surface area contributed by atoms with Crippen LogP contribution in [0.15, 0.2) is 50.7 Å². The van der Waals surface area contributed by atoms with Crippen LogP contribution in [0.2, 0.25) is 0 Å². The number of hydrogen-bond donors (Lipinski definition) is 1. The summed E-state index contributed by atoms with van der Waals surface area (Å²) in [6, 6.07) is 10.9. The van der Waals surface area contributed by atoms with Gasteiger partial charge in [-0.25, -0.2) is 4.98 Å². The van der Waals surface area contributed by atoms with Gasteiger partial charge in [-0.3, -0.25) is 4.79 Å². The summed E-state index contributed by atoms with van der Waals surface area (Å²) in [5.41, 5.74) is 1.44. The van der Waals surface area contributed by atoms with Gasteiger partial charge in [0.2, 0.25) is 0 Å². The topological polar surface area (TPSA) is 55.1 Å². The molecule has 1 aromatic carbocycles. The second-order valence-corrected chi connectivity index (χ2v) is 6.69. The second kappa shape index (κ2) is 6.46. The second-order valence-electron chi connectivity index (χ2n) is 4.71. The molecule has 3 aromatic rings. The van der Waals surface area contributed by atoms with Crippen LogP contribution in [-0.2, 0) is 6.54 Å². The van der Waals surface area contributed by atoms with Crippen LogP contribution >= 0.6 is 27.3 Å². The summed E-state index contributed by atoms with van der Waals surface area (Å²) in [4.78, 5) is 16.4. The number of furan rings is 1. The van der Waals surface area contributed by atoms with Crippen LogP contribution in [0.3, 0.4) is 0 Å². The molecule has 4 nitrogen and oxygen atoms in total. The Labute approximate surface area is 140 Å². The van der Waals surface area contributed by atoms with E-state index in [1.54, 1.807) is 23.5 Å². The van der Waals surface area contributed by atoms with E-state index in [4.69, 9.17) is 4.42 Å². The van der Waals surface area contributed by atoms with Crippen molar-refractivity contribution in [2.24, 2.45) is 0 Å². The van der Waals surface area contributed by atoms with Crippen molar-refractivity contribution in [1.29, 1.82) is 0 Å². The third-order valence-electron chi connectivity index (χ3n) is 3.06. The van der Waals surface area contributed by atoms with Crippen molar-refractivity contribution in [3.63, 3.8) is 0 Å². The molecule has 0 aliphatic heterocycles. The quantitative estimate of drug-likeness (QED) is 0.733. The van der Waals surface area contributed by atoms with E-state index in [0.717, 1.165) is 20.9 Å². The molecule has 0 saturated carbocycles. The highest BCUT2D eigenvalue weighted by Crippen LogP contribution is 2.23. The summed E-state index contributed by atoms with van der Waals surface area (Å²) in [6.07, 6.45) is 0. The molecule has 0 spiro atoms. The number of aryl methyl sites for hydroxylation is 1. The predicted octanol–water partition coefficient (Wildman–Crippen LogP) is 4.40. The number of carbonyl (C=O) groups is 1. The fourth-order valence-electron chi connectivity index (χ4n) is 1.96. The third kappa shape index (κ3) is 3.45. The number of amides is 1. The molecular weight excluding hydrogens is 364 g/mol. The zero-order chi connectivity index (χ0) is 15.5. The SMILES string of the molecule is Cc1nc(-c2ccc(CNC(=O)c3ccc(Br)cc3)o2)cs1. The Bertz CT molecular complexity index is 793. The predicted molar refractivity (Wildman–Crippen MR) is 89.9 cm³/mol. The van der Waals surface area contributed by atoms with Gasteiger partial charge in [-0.05, 0) is 43.3 Å². The number of aromatic nitrogens is 1. The maximum atomic E-state index is 12.0. The lowest BCUT2D eigenvalue weighted by atomic mass is 10.2. The Balaban J connectivity index is 1.63. The fourth-order valence-corrected chi connectivity index (χ4v) is 2.82. The molecule has 0 atom stereocenters. The van der Waals surface area contributed by atoms with Crippen LogP contribution < -0.4 is 5.32 Å². The standard InChI is InChI=1S/C16H13BrN2O2S/c1-10-19-14(9-22-10)15-7-6-13(21-15)8-18-16(20)11-2-4-12(17)5-3-11/h2-7,9H,8H2,1H3,(H,18,20). The molecule has 0 aliphatic carbocycles. The average molecular weight is 377 g/mol. The Hall–Kier alpha value is -1.92. The summed E-state index contributed by atoms with van der Waals surface area (Å²) >= 11 is 4.93. The number of halogens is 1. The van der Waals surface area contributed by atoms with Crippen molar-refractivity contribution >= 4 is 33.2 Å². The molecule has 1 N–H and O–H groups in total. The first-order valence-electron chi connectivity index (χ1n) is 6.67. The van der Waals surface area contributed by atoms with E-state index >= 15 is 0 Å². The van der Waals surface area contributed by atoms with Crippen LogP contribution in [0.5, 0.6) is 0 Å². The van der Waals surface area contributed by atoms with Gasteiger partial charge >= 0.3 is 0 Å². The van der Waals surface area contributed by atoms with Gasteiger partial charge in [-0.1, -0.05) is 15.9 Å². The average Bonchev–Trinajstić information content (AvgIpc) is 3.14. The number of carbonyl (C=O) groups excluding carboxylic acids is 1. The van der Waals surface area contributed by atoms with Gasteiger partial charge in [0.1, 0.15) is 11.5 Å². The van der Waals surface area contributed by atoms with Crippen LogP contribution in [-0.4, -0.2) is 10.9 Å². The molecule has 2 heterocycles. The third-order valence-corrected chi connectivity index (χ3v) is 4.36.